The summed E-state index contributed by atoms with van der Waals surface area (Å²) in [6.07, 6.45) is 5.21. The smallest absolute Gasteiger partial charge is 0.255 e. The second kappa shape index (κ2) is 7.15. The molecule has 0 unspecified atom stereocenters. The number of aromatic amines is 1. The fraction of sp³-hybridized carbons (Fsp3) is 0.375. The van der Waals surface area contributed by atoms with Crippen LogP contribution in [0.25, 0.3) is 0 Å². The summed E-state index contributed by atoms with van der Waals surface area (Å²) in [6, 6.07) is 4.99. The van der Waals surface area contributed by atoms with Crippen LogP contribution in [0.3, 0.4) is 0 Å². The Morgan fingerprint density at radius 1 is 1.48 bits per heavy atom. The second-order valence-corrected chi connectivity index (χ2v) is 5.54. The summed E-state index contributed by atoms with van der Waals surface area (Å²) in [6.45, 7) is 2.17. The van der Waals surface area contributed by atoms with Gasteiger partial charge in [-0.15, -0.1) is 0 Å². The first-order valence-electron chi connectivity index (χ1n) is 7.53. The van der Waals surface area contributed by atoms with Gasteiger partial charge in [0.05, 0.1) is 25.1 Å². The molecule has 0 spiro atoms. The molecule has 7 nitrogen and oxygen atoms in total. The van der Waals surface area contributed by atoms with Gasteiger partial charge in [0.25, 0.3) is 11.5 Å². The van der Waals surface area contributed by atoms with E-state index in [-0.39, 0.29) is 17.4 Å². The van der Waals surface area contributed by atoms with Crippen molar-refractivity contribution in [2.24, 2.45) is 5.92 Å². The Morgan fingerprint density at radius 3 is 3.17 bits per heavy atom. The second-order valence-electron chi connectivity index (χ2n) is 5.54. The van der Waals surface area contributed by atoms with Gasteiger partial charge in [-0.3, -0.25) is 14.6 Å². The van der Waals surface area contributed by atoms with E-state index in [1.165, 1.54) is 12.4 Å². The number of aromatic nitrogens is 3. The zero-order valence-corrected chi connectivity index (χ0v) is 12.6. The van der Waals surface area contributed by atoms with Gasteiger partial charge in [0.15, 0.2) is 0 Å². The number of pyridine rings is 1. The van der Waals surface area contributed by atoms with Crippen LogP contribution < -0.4 is 5.56 Å². The van der Waals surface area contributed by atoms with Gasteiger partial charge in [-0.05, 0) is 18.6 Å². The number of carbonyl (C=O) groups is 1. The van der Waals surface area contributed by atoms with Crippen molar-refractivity contribution < 1.29 is 9.53 Å². The van der Waals surface area contributed by atoms with Crippen LogP contribution in [-0.2, 0) is 11.2 Å². The SMILES string of the molecule is O=C(c1cccnc1)N1CCOC[C@@H](Cc2cc(=O)[nH]cn2)C1. The minimum atomic E-state index is -0.173. The van der Waals surface area contributed by atoms with Crippen LogP contribution in [0.1, 0.15) is 16.1 Å². The molecule has 1 aliphatic heterocycles. The quantitative estimate of drug-likeness (QED) is 0.891. The number of carbonyl (C=O) groups excluding carboxylic acids is 1. The van der Waals surface area contributed by atoms with Crippen molar-refractivity contribution in [1.82, 2.24) is 19.9 Å². The maximum atomic E-state index is 12.6. The highest BCUT2D eigenvalue weighted by atomic mass is 16.5. The van der Waals surface area contributed by atoms with E-state index < -0.39 is 0 Å². The molecule has 7 heteroatoms. The Hall–Kier alpha value is -2.54. The molecule has 2 aromatic rings. The Bertz CT molecular complexity index is 717. The lowest BCUT2D eigenvalue weighted by Gasteiger charge is -2.23. The highest BCUT2D eigenvalue weighted by Crippen LogP contribution is 2.14. The van der Waals surface area contributed by atoms with Crippen LogP contribution in [0, 0.1) is 5.92 Å². The van der Waals surface area contributed by atoms with Crippen molar-refractivity contribution in [3.63, 3.8) is 0 Å². The van der Waals surface area contributed by atoms with Gasteiger partial charge in [-0.25, -0.2) is 4.98 Å². The zero-order valence-electron chi connectivity index (χ0n) is 12.6. The molecule has 1 aliphatic rings. The van der Waals surface area contributed by atoms with Gasteiger partial charge in [-0.1, -0.05) is 0 Å². The summed E-state index contributed by atoms with van der Waals surface area (Å²) in [5.74, 6) is 0.0555. The molecule has 1 atom stereocenters. The molecule has 2 aromatic heterocycles. The molecular formula is C16H18N4O3. The average Bonchev–Trinajstić information content (AvgIpc) is 2.80. The molecule has 0 aromatic carbocycles. The molecule has 1 amide bonds. The van der Waals surface area contributed by atoms with E-state index >= 15 is 0 Å². The predicted molar refractivity (Wildman–Crippen MR) is 83.0 cm³/mol. The number of amides is 1. The molecule has 23 heavy (non-hydrogen) atoms. The third-order valence-corrected chi connectivity index (χ3v) is 3.77. The number of hydrogen-bond acceptors (Lipinski definition) is 5. The molecule has 0 radical (unpaired) electrons. The molecule has 1 fully saturated rings. The number of nitrogens with one attached hydrogen (secondary N) is 1. The normalized spacial score (nSPS) is 18.4. The standard InChI is InChI=1S/C16H18N4O3/c21-15-7-14(18-11-19-15)6-12-9-20(4-5-23-10-12)16(22)13-2-1-3-17-8-13/h1-3,7-8,11-12H,4-6,9-10H2,(H,18,19,21)/t12-/m0/s1. The maximum absolute atomic E-state index is 12.6. The summed E-state index contributed by atoms with van der Waals surface area (Å²) in [5, 5.41) is 0. The van der Waals surface area contributed by atoms with Crippen LogP contribution in [0.5, 0.6) is 0 Å². The van der Waals surface area contributed by atoms with Crippen LogP contribution in [-0.4, -0.2) is 52.1 Å². The Balaban J connectivity index is 1.71. The van der Waals surface area contributed by atoms with E-state index in [1.54, 1.807) is 29.4 Å². The molecule has 1 saturated heterocycles. The zero-order chi connectivity index (χ0) is 16.1. The highest BCUT2D eigenvalue weighted by molar-refractivity contribution is 5.93. The molecule has 120 valence electrons. The number of ether oxygens (including phenoxy) is 1. The highest BCUT2D eigenvalue weighted by Gasteiger charge is 2.24. The number of nitrogens with zero attached hydrogens (tertiary/aromatic N) is 3. The molecule has 0 bridgehead atoms. The van der Waals surface area contributed by atoms with Gasteiger partial charge in [0.2, 0.25) is 0 Å². The first-order valence-corrected chi connectivity index (χ1v) is 7.53. The van der Waals surface area contributed by atoms with E-state index in [2.05, 4.69) is 15.0 Å². The predicted octanol–water partition coefficient (Wildman–Crippen LogP) is 0.496. The van der Waals surface area contributed by atoms with Crippen LogP contribution in [0.2, 0.25) is 0 Å². The van der Waals surface area contributed by atoms with Crippen LogP contribution in [0.15, 0.2) is 41.7 Å². The molecule has 0 aliphatic carbocycles. The van der Waals surface area contributed by atoms with E-state index in [1.807, 2.05) is 0 Å². The Morgan fingerprint density at radius 2 is 2.39 bits per heavy atom. The van der Waals surface area contributed by atoms with Crippen molar-refractivity contribution >= 4 is 5.91 Å². The van der Waals surface area contributed by atoms with Crippen molar-refractivity contribution in [2.75, 3.05) is 26.3 Å². The molecule has 3 rings (SSSR count). The molecule has 3 heterocycles. The van der Waals surface area contributed by atoms with Crippen LogP contribution in [0.4, 0.5) is 0 Å². The molecular weight excluding hydrogens is 296 g/mol. The minimum Gasteiger partial charge on any atom is -0.379 e. The number of rotatable bonds is 3. The van der Waals surface area contributed by atoms with E-state index in [9.17, 15) is 9.59 Å². The maximum Gasteiger partial charge on any atom is 0.255 e. The largest absolute Gasteiger partial charge is 0.379 e. The lowest BCUT2D eigenvalue weighted by Crippen LogP contribution is -2.36. The minimum absolute atomic E-state index is 0.0486. The van der Waals surface area contributed by atoms with Crippen molar-refractivity contribution in [1.29, 1.82) is 0 Å². The Kier molecular flexibility index (Phi) is 4.77. The van der Waals surface area contributed by atoms with E-state index in [4.69, 9.17) is 4.74 Å². The van der Waals surface area contributed by atoms with E-state index in [0.29, 0.717) is 44.0 Å². The summed E-state index contributed by atoms with van der Waals surface area (Å²) in [7, 11) is 0. The molecule has 0 saturated carbocycles. The number of hydrogen-bond donors (Lipinski definition) is 1. The van der Waals surface area contributed by atoms with Gasteiger partial charge in [0, 0.05) is 43.2 Å². The summed E-state index contributed by atoms with van der Waals surface area (Å²) in [5.41, 5.74) is 1.10. The van der Waals surface area contributed by atoms with E-state index in [0.717, 1.165) is 0 Å². The fourth-order valence-electron chi connectivity index (χ4n) is 2.68. The fourth-order valence-corrected chi connectivity index (χ4v) is 2.68. The third kappa shape index (κ3) is 4.01. The first-order chi connectivity index (χ1) is 11.2. The summed E-state index contributed by atoms with van der Waals surface area (Å²) >= 11 is 0. The third-order valence-electron chi connectivity index (χ3n) is 3.77. The van der Waals surface area contributed by atoms with Crippen molar-refractivity contribution in [2.45, 2.75) is 6.42 Å². The first kappa shape index (κ1) is 15.4. The lowest BCUT2D eigenvalue weighted by atomic mass is 10.0. The molecule has 1 N–H and O–H groups in total. The Labute approximate surface area is 133 Å². The monoisotopic (exact) mass is 314 g/mol. The summed E-state index contributed by atoms with van der Waals surface area (Å²) < 4.78 is 5.60. The van der Waals surface area contributed by atoms with Gasteiger partial charge in [-0.2, -0.15) is 0 Å². The lowest BCUT2D eigenvalue weighted by molar-refractivity contribution is 0.0737. The van der Waals surface area contributed by atoms with Gasteiger partial charge in [0.1, 0.15) is 0 Å². The van der Waals surface area contributed by atoms with Crippen molar-refractivity contribution in [3.8, 4) is 0 Å². The van der Waals surface area contributed by atoms with Crippen molar-refractivity contribution in [3.05, 3.63) is 58.5 Å². The van der Waals surface area contributed by atoms with Gasteiger partial charge < -0.3 is 14.6 Å². The average molecular weight is 314 g/mol. The number of H-pyrrole nitrogens is 1. The topological polar surface area (TPSA) is 88.2 Å². The summed E-state index contributed by atoms with van der Waals surface area (Å²) in [4.78, 5) is 36.4. The van der Waals surface area contributed by atoms with Crippen LogP contribution >= 0.6 is 0 Å². The van der Waals surface area contributed by atoms with Gasteiger partial charge >= 0.3 is 0 Å².